The Hall–Kier alpha value is -2.87. The second-order valence-electron chi connectivity index (χ2n) is 12.2. The van der Waals surface area contributed by atoms with Crippen LogP contribution in [0.1, 0.15) is 80.1 Å². The topological polar surface area (TPSA) is 26.3 Å². The molecular formula is C34H36O2. The normalized spacial score (nSPS) is 28.8. The lowest BCUT2D eigenvalue weighted by atomic mass is 9.48. The molecule has 0 saturated heterocycles. The van der Waals surface area contributed by atoms with Crippen molar-refractivity contribution < 1.29 is 9.53 Å². The van der Waals surface area contributed by atoms with Crippen molar-refractivity contribution in [3.63, 3.8) is 0 Å². The quantitative estimate of drug-likeness (QED) is 0.344. The molecule has 3 aromatic rings. The van der Waals surface area contributed by atoms with Gasteiger partial charge in [-0.3, -0.25) is 4.79 Å². The van der Waals surface area contributed by atoms with Crippen molar-refractivity contribution in [2.75, 3.05) is 7.11 Å². The van der Waals surface area contributed by atoms with Crippen LogP contribution in [0.5, 0.6) is 5.75 Å². The largest absolute Gasteiger partial charge is 0.496 e. The van der Waals surface area contributed by atoms with Crippen molar-refractivity contribution in [2.24, 2.45) is 17.8 Å². The maximum atomic E-state index is 13.0. The van der Waals surface area contributed by atoms with E-state index in [1.54, 1.807) is 0 Å². The molecule has 0 aromatic heterocycles. The molecule has 0 heterocycles. The van der Waals surface area contributed by atoms with Gasteiger partial charge < -0.3 is 4.74 Å². The summed E-state index contributed by atoms with van der Waals surface area (Å²) >= 11 is 0. The highest BCUT2D eigenvalue weighted by atomic mass is 16.5. The van der Waals surface area contributed by atoms with Crippen molar-refractivity contribution in [3.8, 4) is 16.9 Å². The van der Waals surface area contributed by atoms with Crippen molar-refractivity contribution in [1.82, 2.24) is 0 Å². The number of allylic oxidation sites excluding steroid dienone is 2. The third-order valence-electron chi connectivity index (χ3n) is 9.83. The van der Waals surface area contributed by atoms with Crippen LogP contribution in [0, 0.1) is 17.8 Å². The number of benzene rings is 3. The second-order valence-corrected chi connectivity index (χ2v) is 12.2. The van der Waals surface area contributed by atoms with E-state index in [0.29, 0.717) is 5.41 Å². The molecule has 0 spiro atoms. The predicted molar refractivity (Wildman–Crippen MR) is 147 cm³/mol. The van der Waals surface area contributed by atoms with Crippen LogP contribution < -0.4 is 4.74 Å². The van der Waals surface area contributed by atoms with Gasteiger partial charge in [-0.05, 0) is 139 Å². The molecule has 184 valence electrons. The van der Waals surface area contributed by atoms with Crippen molar-refractivity contribution in [3.05, 3.63) is 77.4 Å². The van der Waals surface area contributed by atoms with Gasteiger partial charge in [0.1, 0.15) is 5.75 Å². The minimum atomic E-state index is 0.205. The van der Waals surface area contributed by atoms with E-state index < -0.39 is 0 Å². The summed E-state index contributed by atoms with van der Waals surface area (Å²) < 4.78 is 5.95. The standard InChI is InChI=1S/C34H36O2/c1-36-32-12-11-29(18-31(32)34-19-22-13-23(20-34)15-24(14-22)21-34)27-7-8-28-17-30(10-9-26(28)16-27)33(35)25-5-3-2-4-6-25/h5,7-12,16-18,22-24H,2-4,6,13-15,19-21H2,1H3. The lowest BCUT2D eigenvalue weighted by Gasteiger charge is -2.57. The average Bonchev–Trinajstić information content (AvgIpc) is 2.91. The number of carbonyl (C=O) groups is 1. The fourth-order valence-electron chi connectivity index (χ4n) is 8.54. The first-order chi connectivity index (χ1) is 17.6. The highest BCUT2D eigenvalue weighted by Crippen LogP contribution is 2.62. The minimum Gasteiger partial charge on any atom is -0.496 e. The molecule has 4 fully saturated rings. The van der Waals surface area contributed by atoms with E-state index in [4.69, 9.17) is 4.74 Å². The summed E-state index contributed by atoms with van der Waals surface area (Å²) in [6.07, 6.45) is 14.8. The van der Waals surface area contributed by atoms with Gasteiger partial charge >= 0.3 is 0 Å². The fraction of sp³-hybridized carbons (Fsp3) is 0.441. The Bertz CT molecular complexity index is 1340. The second kappa shape index (κ2) is 8.61. The molecule has 3 aromatic carbocycles. The van der Waals surface area contributed by atoms with E-state index in [9.17, 15) is 4.79 Å². The molecule has 0 unspecified atom stereocenters. The molecule has 2 heteroatoms. The first-order valence-electron chi connectivity index (χ1n) is 14.1. The molecule has 0 atom stereocenters. The molecule has 0 N–H and O–H groups in total. The Morgan fingerprint density at radius 2 is 1.47 bits per heavy atom. The number of carbonyl (C=O) groups excluding carboxylic acids is 1. The number of fused-ring (bicyclic) bond motifs is 1. The molecular weight excluding hydrogens is 440 g/mol. The summed E-state index contributed by atoms with van der Waals surface area (Å²) in [6, 6.07) is 19.8. The highest BCUT2D eigenvalue weighted by molar-refractivity contribution is 6.10. The number of hydrogen-bond donors (Lipinski definition) is 0. The van der Waals surface area contributed by atoms with E-state index in [1.807, 2.05) is 13.2 Å². The molecule has 2 nitrogen and oxygen atoms in total. The molecule has 5 aliphatic carbocycles. The van der Waals surface area contributed by atoms with Gasteiger partial charge in [-0.2, -0.15) is 0 Å². The zero-order valence-corrected chi connectivity index (χ0v) is 21.4. The van der Waals surface area contributed by atoms with Crippen LogP contribution in [0.3, 0.4) is 0 Å². The summed E-state index contributed by atoms with van der Waals surface area (Å²) in [5.41, 5.74) is 6.07. The van der Waals surface area contributed by atoms with Gasteiger partial charge in [-0.1, -0.05) is 36.4 Å². The Morgan fingerprint density at radius 3 is 2.17 bits per heavy atom. The SMILES string of the molecule is COc1ccc(-c2ccc3cc(C(=O)C4=CCCCC4)ccc3c2)cc1C12CC3CC(CC(C3)C1)C2. The number of Topliss-reactive ketones (excluding diaryl/α,β-unsaturated/α-hetero) is 1. The van der Waals surface area contributed by atoms with Gasteiger partial charge in [0, 0.05) is 11.1 Å². The summed E-state index contributed by atoms with van der Waals surface area (Å²) in [7, 11) is 1.83. The van der Waals surface area contributed by atoms with E-state index in [1.165, 1.54) is 67.0 Å². The molecule has 8 rings (SSSR count). The Balaban J connectivity index is 1.23. The van der Waals surface area contributed by atoms with E-state index >= 15 is 0 Å². The maximum absolute atomic E-state index is 13.0. The van der Waals surface area contributed by atoms with Gasteiger partial charge in [0.05, 0.1) is 7.11 Å². The summed E-state index contributed by atoms with van der Waals surface area (Å²) in [5, 5.41) is 2.32. The first kappa shape index (κ1) is 22.3. The highest BCUT2D eigenvalue weighted by Gasteiger charge is 2.52. The summed E-state index contributed by atoms with van der Waals surface area (Å²) in [5.74, 6) is 4.00. The molecule has 0 radical (unpaired) electrons. The van der Waals surface area contributed by atoms with E-state index in [2.05, 4.69) is 54.6 Å². The third-order valence-corrected chi connectivity index (χ3v) is 9.83. The van der Waals surface area contributed by atoms with Gasteiger partial charge in [0.2, 0.25) is 0 Å². The van der Waals surface area contributed by atoms with Crippen LogP contribution in [0.25, 0.3) is 21.9 Å². The van der Waals surface area contributed by atoms with Crippen LogP contribution in [-0.4, -0.2) is 12.9 Å². The average molecular weight is 477 g/mol. The predicted octanol–water partition coefficient (Wildman–Crippen LogP) is 8.67. The van der Waals surface area contributed by atoms with Gasteiger partial charge in [-0.15, -0.1) is 0 Å². The number of ketones is 1. The van der Waals surface area contributed by atoms with Gasteiger partial charge in [-0.25, -0.2) is 0 Å². The van der Waals surface area contributed by atoms with Crippen molar-refractivity contribution in [2.45, 2.75) is 69.6 Å². The first-order valence-corrected chi connectivity index (χ1v) is 14.1. The van der Waals surface area contributed by atoms with Crippen LogP contribution in [0.15, 0.2) is 66.2 Å². The van der Waals surface area contributed by atoms with Gasteiger partial charge in [0.15, 0.2) is 5.78 Å². The monoisotopic (exact) mass is 476 g/mol. The zero-order chi connectivity index (χ0) is 24.3. The third kappa shape index (κ3) is 3.72. The molecule has 4 saturated carbocycles. The van der Waals surface area contributed by atoms with Crippen molar-refractivity contribution >= 4 is 16.6 Å². The number of rotatable bonds is 5. The van der Waals surface area contributed by atoms with E-state index in [0.717, 1.165) is 59.3 Å². The van der Waals surface area contributed by atoms with Crippen LogP contribution in [0.2, 0.25) is 0 Å². The Labute approximate surface area is 214 Å². The molecule has 36 heavy (non-hydrogen) atoms. The number of ether oxygens (including phenoxy) is 1. The summed E-state index contributed by atoms with van der Waals surface area (Å²) in [4.78, 5) is 13.0. The summed E-state index contributed by atoms with van der Waals surface area (Å²) in [6.45, 7) is 0. The van der Waals surface area contributed by atoms with Crippen LogP contribution in [0.4, 0.5) is 0 Å². The molecule has 0 aliphatic heterocycles. The van der Waals surface area contributed by atoms with Crippen molar-refractivity contribution in [1.29, 1.82) is 0 Å². The number of hydrogen-bond acceptors (Lipinski definition) is 2. The fourth-order valence-corrected chi connectivity index (χ4v) is 8.54. The zero-order valence-electron chi connectivity index (χ0n) is 21.4. The number of methoxy groups -OCH3 is 1. The Kier molecular flexibility index (Phi) is 5.34. The molecule has 4 bridgehead atoms. The van der Waals surface area contributed by atoms with Gasteiger partial charge in [0.25, 0.3) is 0 Å². The smallest absolute Gasteiger partial charge is 0.188 e. The lowest BCUT2D eigenvalue weighted by molar-refractivity contribution is -0.00613. The minimum absolute atomic E-state index is 0.205. The van der Waals surface area contributed by atoms with Crippen LogP contribution >= 0.6 is 0 Å². The maximum Gasteiger partial charge on any atom is 0.188 e. The Morgan fingerprint density at radius 1 is 0.806 bits per heavy atom. The van der Waals surface area contributed by atoms with E-state index in [-0.39, 0.29) is 5.78 Å². The molecule has 5 aliphatic rings. The lowest BCUT2D eigenvalue weighted by Crippen LogP contribution is -2.48. The molecule has 0 amide bonds. The van der Waals surface area contributed by atoms with Crippen LogP contribution in [-0.2, 0) is 5.41 Å².